The average Bonchev–Trinajstić information content (AvgIpc) is 2.79. The number of halogens is 1. The number of hydrogen-bond donors (Lipinski definition) is 1. The highest BCUT2D eigenvalue weighted by Gasteiger charge is 2.46. The third-order valence-corrected chi connectivity index (χ3v) is 6.67. The average molecular weight is 320 g/mol. The van der Waals surface area contributed by atoms with Crippen LogP contribution >= 0.6 is 11.6 Å². The van der Waals surface area contributed by atoms with Crippen LogP contribution in [-0.4, -0.2) is 35.7 Å². The van der Waals surface area contributed by atoms with Crippen molar-refractivity contribution in [3.8, 4) is 0 Å². The number of hydrogen-bond acceptors (Lipinski definition) is 2. The van der Waals surface area contributed by atoms with E-state index in [-0.39, 0.29) is 11.5 Å². The van der Waals surface area contributed by atoms with Crippen LogP contribution in [0.15, 0.2) is 24.3 Å². The zero-order valence-corrected chi connectivity index (χ0v) is 13.9. The normalized spacial score (nSPS) is 31.7. The summed E-state index contributed by atoms with van der Waals surface area (Å²) in [6.07, 6.45) is 7.42. The van der Waals surface area contributed by atoms with Gasteiger partial charge in [0.05, 0.1) is 6.10 Å². The minimum atomic E-state index is -0.250. The van der Waals surface area contributed by atoms with Crippen LogP contribution in [0.4, 0.5) is 0 Å². The number of aliphatic hydroxyl groups excluding tert-OH is 1. The van der Waals surface area contributed by atoms with E-state index in [4.69, 9.17) is 11.6 Å². The maximum atomic E-state index is 11.0. The van der Waals surface area contributed by atoms with Crippen molar-refractivity contribution in [3.05, 3.63) is 34.9 Å². The van der Waals surface area contributed by atoms with E-state index in [2.05, 4.69) is 17.0 Å². The van der Waals surface area contributed by atoms with Crippen LogP contribution in [-0.2, 0) is 5.41 Å². The first-order chi connectivity index (χ1) is 10.7. The molecule has 2 bridgehead atoms. The number of β-amino-alcohol motifs (C(OH)–C–C–N with tert-alkyl or cyclic N) is 1. The standard InChI is InChI=1S/C19H26ClNO/c20-17-6-4-16(5-7-17)19(8-1-9-19)18(22)13-21-11-14-2-3-15(10-14)12-21/h4-7,14-15,18,22H,1-3,8-13H2. The van der Waals surface area contributed by atoms with Crippen LogP contribution in [0.2, 0.25) is 5.02 Å². The number of likely N-dealkylation sites (tertiary alicyclic amines) is 1. The summed E-state index contributed by atoms with van der Waals surface area (Å²) in [5.41, 5.74) is 1.25. The molecule has 22 heavy (non-hydrogen) atoms. The van der Waals surface area contributed by atoms with E-state index in [1.54, 1.807) is 0 Å². The van der Waals surface area contributed by atoms with E-state index in [0.29, 0.717) is 0 Å². The van der Waals surface area contributed by atoms with E-state index >= 15 is 0 Å². The van der Waals surface area contributed by atoms with Gasteiger partial charge in [0.2, 0.25) is 0 Å². The van der Waals surface area contributed by atoms with Crippen molar-refractivity contribution in [3.63, 3.8) is 0 Å². The molecule has 1 heterocycles. The highest BCUT2D eigenvalue weighted by Crippen LogP contribution is 2.47. The Morgan fingerprint density at radius 3 is 2.32 bits per heavy atom. The Labute approximate surface area is 138 Å². The lowest BCUT2D eigenvalue weighted by Gasteiger charge is -2.48. The van der Waals surface area contributed by atoms with Gasteiger partial charge in [-0.3, -0.25) is 0 Å². The third-order valence-electron chi connectivity index (χ3n) is 6.42. The molecule has 0 aromatic heterocycles. The molecule has 1 saturated heterocycles. The predicted molar refractivity (Wildman–Crippen MR) is 90.3 cm³/mol. The van der Waals surface area contributed by atoms with Crippen LogP contribution in [0.1, 0.15) is 44.1 Å². The van der Waals surface area contributed by atoms with Gasteiger partial charge in [0.1, 0.15) is 0 Å². The Hall–Kier alpha value is -0.570. The molecule has 3 heteroatoms. The van der Waals surface area contributed by atoms with Gasteiger partial charge >= 0.3 is 0 Å². The summed E-state index contributed by atoms with van der Waals surface area (Å²) in [5.74, 6) is 1.78. The Bertz CT molecular complexity index is 513. The van der Waals surface area contributed by atoms with Gasteiger partial charge in [-0.05, 0) is 61.6 Å². The fourth-order valence-corrected chi connectivity index (χ4v) is 5.16. The molecule has 120 valence electrons. The summed E-state index contributed by atoms with van der Waals surface area (Å²) in [5, 5.41) is 11.8. The summed E-state index contributed by atoms with van der Waals surface area (Å²) in [6.45, 7) is 3.24. The van der Waals surface area contributed by atoms with Crippen LogP contribution in [0.3, 0.4) is 0 Å². The smallest absolute Gasteiger partial charge is 0.0763 e. The Balaban J connectivity index is 1.48. The molecule has 2 nitrogen and oxygen atoms in total. The first kappa shape index (κ1) is 15.0. The van der Waals surface area contributed by atoms with Gasteiger partial charge in [0.25, 0.3) is 0 Å². The first-order valence-corrected chi connectivity index (χ1v) is 9.20. The van der Waals surface area contributed by atoms with Crippen LogP contribution < -0.4 is 0 Å². The Morgan fingerprint density at radius 1 is 1.14 bits per heavy atom. The Morgan fingerprint density at radius 2 is 1.77 bits per heavy atom. The highest BCUT2D eigenvalue weighted by atomic mass is 35.5. The molecule has 4 rings (SSSR count). The number of rotatable bonds is 4. The zero-order chi connectivity index (χ0) is 15.2. The van der Waals surface area contributed by atoms with Crippen molar-refractivity contribution in [2.75, 3.05) is 19.6 Å². The summed E-state index contributed by atoms with van der Waals surface area (Å²) in [4.78, 5) is 2.53. The first-order valence-electron chi connectivity index (χ1n) is 8.82. The highest BCUT2D eigenvalue weighted by molar-refractivity contribution is 6.30. The lowest BCUT2D eigenvalue weighted by molar-refractivity contribution is -0.00737. The van der Waals surface area contributed by atoms with Crippen molar-refractivity contribution in [2.45, 2.75) is 50.0 Å². The van der Waals surface area contributed by atoms with Gasteiger partial charge in [-0.2, -0.15) is 0 Å². The predicted octanol–water partition coefficient (Wildman–Crippen LogP) is 3.85. The minimum Gasteiger partial charge on any atom is -0.391 e. The minimum absolute atomic E-state index is 0.0267. The van der Waals surface area contributed by atoms with E-state index in [1.807, 2.05) is 12.1 Å². The molecular weight excluding hydrogens is 294 g/mol. The number of aliphatic hydroxyl groups is 1. The molecule has 3 atom stereocenters. The summed E-state index contributed by atoms with van der Waals surface area (Å²) >= 11 is 6.03. The summed E-state index contributed by atoms with van der Waals surface area (Å²) < 4.78 is 0. The zero-order valence-electron chi connectivity index (χ0n) is 13.2. The van der Waals surface area contributed by atoms with Gasteiger partial charge in [0, 0.05) is 30.1 Å². The molecule has 1 aromatic carbocycles. The SMILES string of the molecule is OC(CN1CC2CCC(C2)C1)C1(c2ccc(Cl)cc2)CCC1. The van der Waals surface area contributed by atoms with E-state index in [1.165, 1.54) is 44.3 Å². The van der Waals surface area contributed by atoms with Crippen molar-refractivity contribution >= 4 is 11.6 Å². The number of benzene rings is 1. The van der Waals surface area contributed by atoms with Crippen molar-refractivity contribution in [2.24, 2.45) is 11.8 Å². The van der Waals surface area contributed by atoms with Gasteiger partial charge in [-0.15, -0.1) is 0 Å². The molecule has 2 saturated carbocycles. The fraction of sp³-hybridized carbons (Fsp3) is 0.684. The van der Waals surface area contributed by atoms with Gasteiger partial charge in [-0.1, -0.05) is 30.2 Å². The number of piperidine rings is 1. The maximum Gasteiger partial charge on any atom is 0.0763 e. The third kappa shape index (κ3) is 2.60. The van der Waals surface area contributed by atoms with Crippen LogP contribution in [0.25, 0.3) is 0 Å². The molecule has 2 aliphatic carbocycles. The van der Waals surface area contributed by atoms with E-state index in [9.17, 15) is 5.11 Å². The second kappa shape index (κ2) is 5.81. The topological polar surface area (TPSA) is 23.5 Å². The lowest BCUT2D eigenvalue weighted by atomic mass is 9.61. The van der Waals surface area contributed by atoms with Gasteiger partial charge in [-0.25, -0.2) is 0 Å². The molecule has 0 spiro atoms. The summed E-state index contributed by atoms with van der Waals surface area (Å²) in [6, 6.07) is 8.16. The monoisotopic (exact) mass is 319 g/mol. The molecular formula is C19H26ClNO. The van der Waals surface area contributed by atoms with Crippen molar-refractivity contribution < 1.29 is 5.11 Å². The number of nitrogens with zero attached hydrogens (tertiary/aromatic N) is 1. The molecule has 0 radical (unpaired) electrons. The van der Waals surface area contributed by atoms with Crippen LogP contribution in [0.5, 0.6) is 0 Å². The molecule has 3 aliphatic rings. The second-order valence-electron chi connectivity index (χ2n) is 7.80. The van der Waals surface area contributed by atoms with E-state index in [0.717, 1.165) is 36.2 Å². The molecule has 0 amide bonds. The molecule has 1 N–H and O–H groups in total. The van der Waals surface area contributed by atoms with Crippen LogP contribution in [0, 0.1) is 11.8 Å². The van der Waals surface area contributed by atoms with Gasteiger partial charge in [0.15, 0.2) is 0 Å². The fourth-order valence-electron chi connectivity index (χ4n) is 5.04. The van der Waals surface area contributed by atoms with Gasteiger partial charge < -0.3 is 10.0 Å². The molecule has 1 aromatic rings. The number of fused-ring (bicyclic) bond motifs is 2. The van der Waals surface area contributed by atoms with Crippen molar-refractivity contribution in [1.82, 2.24) is 4.90 Å². The maximum absolute atomic E-state index is 11.0. The molecule has 3 fully saturated rings. The second-order valence-corrected chi connectivity index (χ2v) is 8.23. The Kier molecular flexibility index (Phi) is 3.96. The largest absolute Gasteiger partial charge is 0.391 e. The molecule has 1 aliphatic heterocycles. The lowest BCUT2D eigenvalue weighted by Crippen LogP contribution is -2.52. The molecule has 3 unspecified atom stereocenters. The summed E-state index contributed by atoms with van der Waals surface area (Å²) in [7, 11) is 0. The van der Waals surface area contributed by atoms with Crippen molar-refractivity contribution in [1.29, 1.82) is 0 Å². The van der Waals surface area contributed by atoms with E-state index < -0.39 is 0 Å². The quantitative estimate of drug-likeness (QED) is 0.911.